The van der Waals surface area contributed by atoms with Crippen molar-refractivity contribution >= 4 is 0 Å². The lowest BCUT2D eigenvalue weighted by Gasteiger charge is -2.56. The Morgan fingerprint density at radius 3 is 1.94 bits per heavy atom. The van der Waals surface area contributed by atoms with Gasteiger partial charge in [-0.25, -0.2) is 5.90 Å². The topological polar surface area (TPSA) is 35.2 Å². The highest BCUT2D eigenvalue weighted by molar-refractivity contribution is 5.09. The SMILES string of the molecule is NOCC1(C2C3CC4CC(C3)CC2C4)CC1. The fourth-order valence-electron chi connectivity index (χ4n) is 5.83. The van der Waals surface area contributed by atoms with Crippen molar-refractivity contribution in [3.8, 4) is 0 Å². The van der Waals surface area contributed by atoms with Crippen molar-refractivity contribution in [1.29, 1.82) is 0 Å². The molecule has 90 valence electrons. The fourth-order valence-corrected chi connectivity index (χ4v) is 5.83. The Kier molecular flexibility index (Phi) is 2.00. The number of hydrogen-bond donors (Lipinski definition) is 1. The monoisotopic (exact) mass is 221 g/mol. The van der Waals surface area contributed by atoms with Crippen molar-refractivity contribution in [1.82, 2.24) is 0 Å². The van der Waals surface area contributed by atoms with Gasteiger partial charge >= 0.3 is 0 Å². The van der Waals surface area contributed by atoms with Crippen LogP contribution in [0, 0.1) is 35.0 Å². The standard InChI is InChI=1S/C14H23NO/c15-16-8-14(1-2-14)13-11-4-9-3-10(6-11)7-12(13)5-9/h9-13H,1-8,15H2. The largest absolute Gasteiger partial charge is 0.304 e. The minimum Gasteiger partial charge on any atom is -0.304 e. The smallest absolute Gasteiger partial charge is 0.0738 e. The summed E-state index contributed by atoms with van der Waals surface area (Å²) in [5, 5.41) is 0. The van der Waals surface area contributed by atoms with Gasteiger partial charge in [0.25, 0.3) is 0 Å². The maximum absolute atomic E-state index is 5.35. The maximum Gasteiger partial charge on any atom is 0.0738 e. The molecule has 5 aliphatic carbocycles. The van der Waals surface area contributed by atoms with E-state index in [1.165, 1.54) is 38.5 Å². The molecular weight excluding hydrogens is 198 g/mol. The van der Waals surface area contributed by atoms with Gasteiger partial charge in [0.2, 0.25) is 0 Å². The van der Waals surface area contributed by atoms with Crippen LogP contribution in [0.15, 0.2) is 0 Å². The molecule has 0 radical (unpaired) electrons. The molecule has 5 fully saturated rings. The van der Waals surface area contributed by atoms with Crippen LogP contribution in [-0.4, -0.2) is 6.61 Å². The summed E-state index contributed by atoms with van der Waals surface area (Å²) in [7, 11) is 0. The Hall–Kier alpha value is -0.0800. The lowest BCUT2D eigenvalue weighted by Crippen LogP contribution is -2.49. The number of hydrogen-bond acceptors (Lipinski definition) is 2. The highest BCUT2D eigenvalue weighted by atomic mass is 16.6. The van der Waals surface area contributed by atoms with Crippen LogP contribution in [0.2, 0.25) is 0 Å². The van der Waals surface area contributed by atoms with Crippen molar-refractivity contribution in [2.45, 2.75) is 44.9 Å². The average molecular weight is 221 g/mol. The second kappa shape index (κ2) is 3.23. The molecule has 5 aliphatic rings. The third kappa shape index (κ3) is 1.26. The van der Waals surface area contributed by atoms with Crippen LogP contribution in [0.25, 0.3) is 0 Å². The van der Waals surface area contributed by atoms with Gasteiger partial charge in [-0.15, -0.1) is 0 Å². The first-order valence-corrected chi connectivity index (χ1v) is 7.12. The van der Waals surface area contributed by atoms with E-state index in [9.17, 15) is 0 Å². The van der Waals surface area contributed by atoms with Crippen LogP contribution in [0.3, 0.4) is 0 Å². The third-order valence-electron chi connectivity index (χ3n) is 6.20. The molecule has 2 N–H and O–H groups in total. The van der Waals surface area contributed by atoms with Crippen molar-refractivity contribution in [3.05, 3.63) is 0 Å². The zero-order chi connectivity index (χ0) is 10.8. The van der Waals surface area contributed by atoms with Gasteiger partial charge in [0.1, 0.15) is 0 Å². The average Bonchev–Trinajstić information content (AvgIpc) is 2.97. The minimum absolute atomic E-state index is 0.525. The maximum atomic E-state index is 5.35. The molecular formula is C14H23NO. The van der Waals surface area contributed by atoms with Crippen LogP contribution in [0.5, 0.6) is 0 Å². The van der Waals surface area contributed by atoms with E-state index in [1.54, 1.807) is 6.42 Å². The molecule has 2 nitrogen and oxygen atoms in total. The first-order valence-electron chi connectivity index (χ1n) is 7.12. The van der Waals surface area contributed by atoms with Gasteiger partial charge in [0, 0.05) is 0 Å². The highest BCUT2D eigenvalue weighted by Crippen LogP contribution is 2.67. The van der Waals surface area contributed by atoms with E-state index in [2.05, 4.69) is 0 Å². The van der Waals surface area contributed by atoms with E-state index >= 15 is 0 Å². The molecule has 16 heavy (non-hydrogen) atoms. The van der Waals surface area contributed by atoms with Gasteiger partial charge in [-0.05, 0) is 80.0 Å². The molecule has 2 heteroatoms. The molecule has 0 aliphatic heterocycles. The minimum atomic E-state index is 0.525. The molecule has 0 heterocycles. The van der Waals surface area contributed by atoms with Crippen LogP contribution >= 0.6 is 0 Å². The molecule has 0 unspecified atom stereocenters. The Morgan fingerprint density at radius 1 is 0.938 bits per heavy atom. The van der Waals surface area contributed by atoms with Crippen LogP contribution in [-0.2, 0) is 4.84 Å². The first-order chi connectivity index (χ1) is 7.81. The van der Waals surface area contributed by atoms with E-state index < -0.39 is 0 Å². The summed E-state index contributed by atoms with van der Waals surface area (Å²) in [5.74, 6) is 10.6. The van der Waals surface area contributed by atoms with Gasteiger partial charge in [-0.1, -0.05) is 0 Å². The molecule has 0 aromatic heterocycles. The predicted octanol–water partition coefficient (Wildman–Crippen LogP) is 2.73. The molecule has 0 aromatic rings. The third-order valence-corrected chi connectivity index (χ3v) is 6.20. The van der Waals surface area contributed by atoms with Gasteiger partial charge < -0.3 is 4.84 Å². The zero-order valence-electron chi connectivity index (χ0n) is 10.0. The van der Waals surface area contributed by atoms with Gasteiger partial charge in [0.15, 0.2) is 0 Å². The molecule has 4 bridgehead atoms. The lowest BCUT2D eigenvalue weighted by molar-refractivity contribution is -0.0871. The van der Waals surface area contributed by atoms with E-state index in [-0.39, 0.29) is 0 Å². The zero-order valence-corrected chi connectivity index (χ0v) is 10.0. The molecule has 0 saturated heterocycles. The molecule has 0 aromatic carbocycles. The first kappa shape index (κ1) is 9.90. The Morgan fingerprint density at radius 2 is 1.50 bits per heavy atom. The van der Waals surface area contributed by atoms with Gasteiger partial charge in [0.05, 0.1) is 6.61 Å². The predicted molar refractivity (Wildman–Crippen MR) is 62.3 cm³/mol. The molecule has 5 rings (SSSR count). The highest BCUT2D eigenvalue weighted by Gasteiger charge is 2.60. The normalized spacial score (nSPS) is 51.9. The Bertz CT molecular complexity index is 269. The van der Waals surface area contributed by atoms with E-state index in [1.807, 2.05) is 0 Å². The van der Waals surface area contributed by atoms with Crippen molar-refractivity contribution < 1.29 is 4.84 Å². The summed E-state index contributed by atoms with van der Waals surface area (Å²) >= 11 is 0. The summed E-state index contributed by atoms with van der Waals surface area (Å²) in [4.78, 5) is 5.03. The van der Waals surface area contributed by atoms with E-state index in [4.69, 9.17) is 10.7 Å². The van der Waals surface area contributed by atoms with Crippen LogP contribution in [0.1, 0.15) is 44.9 Å². The quantitative estimate of drug-likeness (QED) is 0.744. The van der Waals surface area contributed by atoms with Crippen molar-refractivity contribution in [3.63, 3.8) is 0 Å². The fraction of sp³-hybridized carbons (Fsp3) is 1.00. The molecule has 0 spiro atoms. The van der Waals surface area contributed by atoms with Crippen LogP contribution in [0.4, 0.5) is 0 Å². The molecule has 5 saturated carbocycles. The summed E-state index contributed by atoms with van der Waals surface area (Å²) in [6.07, 6.45) is 10.5. The van der Waals surface area contributed by atoms with Gasteiger partial charge in [-0.2, -0.15) is 0 Å². The summed E-state index contributed by atoms with van der Waals surface area (Å²) in [5.41, 5.74) is 0.525. The molecule has 0 atom stereocenters. The van der Waals surface area contributed by atoms with Crippen molar-refractivity contribution in [2.24, 2.45) is 40.9 Å². The molecule has 0 amide bonds. The second-order valence-corrected chi connectivity index (χ2v) is 7.13. The van der Waals surface area contributed by atoms with E-state index in [0.29, 0.717) is 5.41 Å². The van der Waals surface area contributed by atoms with Gasteiger partial charge in [-0.3, -0.25) is 0 Å². The summed E-state index contributed by atoms with van der Waals surface area (Å²) in [6, 6.07) is 0. The number of rotatable bonds is 3. The Labute approximate surface area is 97.9 Å². The lowest BCUT2D eigenvalue weighted by atomic mass is 9.49. The summed E-state index contributed by atoms with van der Waals surface area (Å²) < 4.78 is 0. The summed E-state index contributed by atoms with van der Waals surface area (Å²) in [6.45, 7) is 0.833. The van der Waals surface area contributed by atoms with Crippen LogP contribution < -0.4 is 5.90 Å². The second-order valence-electron chi connectivity index (χ2n) is 7.13. The van der Waals surface area contributed by atoms with Crippen molar-refractivity contribution in [2.75, 3.05) is 6.61 Å². The number of nitrogens with two attached hydrogens (primary N) is 1. The Balaban J connectivity index is 1.60. The van der Waals surface area contributed by atoms with E-state index in [0.717, 1.165) is 36.2 Å².